The molecule has 1 N–H and O–H groups in total. The van der Waals surface area contributed by atoms with Crippen molar-refractivity contribution >= 4 is 17.4 Å². The molecule has 1 heterocycles. The van der Waals surface area contributed by atoms with Crippen LogP contribution in [0.25, 0.3) is 5.57 Å². The molecule has 2 aromatic rings. The average molecular weight is 469 g/mol. The van der Waals surface area contributed by atoms with E-state index in [1.807, 2.05) is 0 Å². The van der Waals surface area contributed by atoms with Crippen molar-refractivity contribution in [3.63, 3.8) is 0 Å². The molecule has 1 aliphatic heterocycles. The van der Waals surface area contributed by atoms with Crippen LogP contribution in [0.4, 0.5) is 8.78 Å². The zero-order valence-corrected chi connectivity index (χ0v) is 18.7. The Morgan fingerprint density at radius 1 is 1.24 bits per heavy atom. The fraction of sp³-hybridized carbons (Fsp3) is 0.308. The van der Waals surface area contributed by atoms with Gasteiger partial charge in [0.1, 0.15) is 17.6 Å². The van der Waals surface area contributed by atoms with Crippen LogP contribution in [0.3, 0.4) is 0 Å². The Morgan fingerprint density at radius 2 is 2.03 bits per heavy atom. The highest BCUT2D eigenvalue weighted by Gasteiger charge is 2.36. The van der Waals surface area contributed by atoms with E-state index in [-0.39, 0.29) is 31.9 Å². The number of nitrogens with zero attached hydrogens (tertiary/aromatic N) is 1. The summed E-state index contributed by atoms with van der Waals surface area (Å²) in [5.41, 5.74) is 2.61. The lowest BCUT2D eigenvalue weighted by Gasteiger charge is -2.25. The van der Waals surface area contributed by atoms with Gasteiger partial charge < -0.3 is 19.5 Å². The maximum Gasteiger partial charge on any atom is 0.326 e. The molecule has 0 radical (unpaired) electrons. The molecule has 0 spiro atoms. The highest BCUT2D eigenvalue weighted by Crippen LogP contribution is 2.35. The molecule has 0 bridgehead atoms. The molecule has 178 valence electrons. The molecule has 1 amide bonds. The van der Waals surface area contributed by atoms with E-state index in [1.165, 1.54) is 36.3 Å². The number of carboxylic acid groups (broad SMARTS) is 1. The predicted octanol–water partition coefficient (Wildman–Crippen LogP) is 4.64. The average Bonchev–Trinajstić information content (AvgIpc) is 3.19. The number of benzene rings is 2. The lowest BCUT2D eigenvalue weighted by molar-refractivity contribution is -0.146. The number of likely N-dealkylation sites (tertiary alicyclic amines) is 1. The third kappa shape index (κ3) is 5.17. The van der Waals surface area contributed by atoms with Gasteiger partial charge in [0.15, 0.2) is 0 Å². The van der Waals surface area contributed by atoms with Gasteiger partial charge >= 0.3 is 5.97 Å². The molecule has 34 heavy (non-hydrogen) atoms. The topological polar surface area (TPSA) is 76.1 Å². The zero-order chi connectivity index (χ0) is 24.3. The second-order valence-electron chi connectivity index (χ2n) is 8.35. The van der Waals surface area contributed by atoms with Gasteiger partial charge in [0.2, 0.25) is 11.8 Å². The van der Waals surface area contributed by atoms with E-state index in [2.05, 4.69) is 0 Å². The number of methoxy groups -OCH3 is 1. The normalized spacial score (nSPS) is 22.1. The molecule has 1 aliphatic carbocycles. The van der Waals surface area contributed by atoms with Crippen LogP contribution in [-0.2, 0) is 27.5 Å². The summed E-state index contributed by atoms with van der Waals surface area (Å²) in [4.78, 5) is 24.8. The number of alkyl halides is 1. The Kier molecular flexibility index (Phi) is 6.79. The van der Waals surface area contributed by atoms with Gasteiger partial charge in [0, 0.05) is 24.9 Å². The number of amides is 1. The first-order valence-electron chi connectivity index (χ1n) is 10.9. The predicted molar refractivity (Wildman–Crippen MR) is 121 cm³/mol. The largest absolute Gasteiger partial charge is 0.496 e. The standard InChI is InChI=1S/C26H25F2NO5/c1-33-23-7-5-20(27)14-21(23)19-9-11-26(28,12-10-19)34-16-18-4-2-3-17(13-18)15-29-22(25(31)32)6-8-24(29)30/h2-5,7,9-11,13-14,22H,6,8,12,15-16H2,1H3,(H,31,32)/t22-,26?/m0/s1. The van der Waals surface area contributed by atoms with Crippen molar-refractivity contribution in [2.45, 2.75) is 44.3 Å². The summed E-state index contributed by atoms with van der Waals surface area (Å²) < 4.78 is 39.8. The van der Waals surface area contributed by atoms with Gasteiger partial charge in [-0.2, -0.15) is 0 Å². The number of hydrogen-bond donors (Lipinski definition) is 1. The second kappa shape index (κ2) is 9.77. The summed E-state index contributed by atoms with van der Waals surface area (Å²) >= 11 is 0. The number of carbonyl (C=O) groups is 2. The fourth-order valence-electron chi connectivity index (χ4n) is 4.22. The smallest absolute Gasteiger partial charge is 0.326 e. The summed E-state index contributed by atoms with van der Waals surface area (Å²) in [6.07, 6.45) is 4.94. The summed E-state index contributed by atoms with van der Waals surface area (Å²) in [7, 11) is 1.49. The Labute approximate surface area is 196 Å². The Balaban J connectivity index is 1.40. The molecule has 4 rings (SSSR count). The van der Waals surface area contributed by atoms with Crippen LogP contribution in [-0.4, -0.2) is 40.9 Å². The minimum absolute atomic E-state index is 0.0164. The molecule has 1 saturated heterocycles. The fourth-order valence-corrected chi connectivity index (χ4v) is 4.22. The molecule has 8 heteroatoms. The first-order valence-corrected chi connectivity index (χ1v) is 10.9. The van der Waals surface area contributed by atoms with E-state index in [4.69, 9.17) is 9.47 Å². The number of carbonyl (C=O) groups excluding carboxylic acids is 1. The highest BCUT2D eigenvalue weighted by atomic mass is 19.2. The van der Waals surface area contributed by atoms with Crippen LogP contribution in [0.2, 0.25) is 0 Å². The number of aliphatic carboxylic acids is 1. The van der Waals surface area contributed by atoms with Gasteiger partial charge in [0.25, 0.3) is 0 Å². The second-order valence-corrected chi connectivity index (χ2v) is 8.35. The summed E-state index contributed by atoms with van der Waals surface area (Å²) in [6, 6.07) is 10.4. The number of carboxylic acids is 1. The molecular weight excluding hydrogens is 444 g/mol. The summed E-state index contributed by atoms with van der Waals surface area (Å²) in [5, 5.41) is 9.33. The highest BCUT2D eigenvalue weighted by molar-refractivity contribution is 5.87. The van der Waals surface area contributed by atoms with Crippen molar-refractivity contribution in [2.75, 3.05) is 7.11 Å². The van der Waals surface area contributed by atoms with Crippen LogP contribution in [0, 0.1) is 5.82 Å². The molecule has 2 aliphatic rings. The van der Waals surface area contributed by atoms with Crippen LogP contribution in [0.1, 0.15) is 36.0 Å². The van der Waals surface area contributed by atoms with Crippen molar-refractivity contribution in [3.05, 3.63) is 83.2 Å². The third-order valence-electron chi connectivity index (χ3n) is 6.02. The van der Waals surface area contributed by atoms with Crippen molar-refractivity contribution in [1.29, 1.82) is 0 Å². The maximum atomic E-state index is 15.3. The molecule has 2 atom stereocenters. The first kappa shape index (κ1) is 23.6. The molecule has 6 nitrogen and oxygen atoms in total. The van der Waals surface area contributed by atoms with Gasteiger partial charge in [-0.3, -0.25) is 4.79 Å². The summed E-state index contributed by atoms with van der Waals surface area (Å²) in [6.45, 7) is 0.156. The summed E-state index contributed by atoms with van der Waals surface area (Å²) in [5.74, 6) is -3.16. The Morgan fingerprint density at radius 3 is 2.74 bits per heavy atom. The molecule has 0 saturated carbocycles. The lowest BCUT2D eigenvalue weighted by Crippen LogP contribution is -2.37. The third-order valence-corrected chi connectivity index (χ3v) is 6.02. The van der Waals surface area contributed by atoms with Gasteiger partial charge in [-0.05, 0) is 47.4 Å². The zero-order valence-electron chi connectivity index (χ0n) is 18.7. The molecule has 2 aromatic carbocycles. The maximum absolute atomic E-state index is 15.3. The SMILES string of the molecule is COc1ccc(F)cc1C1=CCC(F)(OCc2cccc(CN3C(=O)CC[C@H]3C(=O)O)c2)C=C1. The van der Waals surface area contributed by atoms with E-state index in [9.17, 15) is 19.1 Å². The Hall–Kier alpha value is -3.52. The van der Waals surface area contributed by atoms with E-state index in [1.54, 1.807) is 36.4 Å². The van der Waals surface area contributed by atoms with Gasteiger partial charge in [-0.15, -0.1) is 0 Å². The van der Waals surface area contributed by atoms with Crippen LogP contribution < -0.4 is 4.74 Å². The number of ether oxygens (including phenoxy) is 2. The van der Waals surface area contributed by atoms with Crippen LogP contribution in [0.15, 0.2) is 60.7 Å². The van der Waals surface area contributed by atoms with Crippen molar-refractivity contribution in [3.8, 4) is 5.75 Å². The van der Waals surface area contributed by atoms with Crippen molar-refractivity contribution < 1.29 is 33.0 Å². The monoisotopic (exact) mass is 469 g/mol. The quantitative estimate of drug-likeness (QED) is 0.610. The van der Waals surface area contributed by atoms with Crippen LogP contribution in [0.5, 0.6) is 5.75 Å². The lowest BCUT2D eigenvalue weighted by atomic mass is 9.96. The van der Waals surface area contributed by atoms with E-state index < -0.39 is 23.7 Å². The minimum Gasteiger partial charge on any atom is -0.496 e. The van der Waals surface area contributed by atoms with Crippen molar-refractivity contribution in [1.82, 2.24) is 4.90 Å². The minimum atomic E-state index is -2.03. The van der Waals surface area contributed by atoms with E-state index in [0.717, 1.165) is 5.56 Å². The van der Waals surface area contributed by atoms with Gasteiger partial charge in [-0.1, -0.05) is 36.4 Å². The number of allylic oxidation sites excluding steroid dienone is 2. The van der Waals surface area contributed by atoms with E-state index in [0.29, 0.717) is 28.9 Å². The Bertz CT molecular complexity index is 1160. The van der Waals surface area contributed by atoms with Crippen LogP contribution >= 0.6 is 0 Å². The molecular formula is C26H25F2NO5. The van der Waals surface area contributed by atoms with Gasteiger partial charge in [-0.25, -0.2) is 13.6 Å². The van der Waals surface area contributed by atoms with Gasteiger partial charge in [0.05, 0.1) is 13.7 Å². The molecule has 1 unspecified atom stereocenters. The number of rotatable bonds is 8. The first-order chi connectivity index (χ1) is 16.3. The van der Waals surface area contributed by atoms with E-state index >= 15 is 4.39 Å². The number of hydrogen-bond acceptors (Lipinski definition) is 4. The van der Waals surface area contributed by atoms with Crippen molar-refractivity contribution in [2.24, 2.45) is 0 Å². The molecule has 0 aromatic heterocycles. The number of halogens is 2. The molecule has 1 fully saturated rings.